The van der Waals surface area contributed by atoms with Gasteiger partial charge in [0, 0.05) is 6.04 Å². The van der Waals surface area contributed by atoms with Crippen molar-refractivity contribution in [3.8, 4) is 0 Å². The molecule has 0 radical (unpaired) electrons. The van der Waals surface area contributed by atoms with Crippen LogP contribution >= 0.6 is 0 Å². The molecule has 19 heavy (non-hydrogen) atoms. The second-order valence-corrected chi connectivity index (χ2v) is 5.61. The number of halogens is 2. The number of hydrogen-bond acceptors (Lipinski definition) is 3. The highest BCUT2D eigenvalue weighted by molar-refractivity contribution is 7.89. The average Bonchev–Trinajstić information content (AvgIpc) is 2.30. The molecule has 0 spiro atoms. The lowest BCUT2D eigenvalue weighted by Gasteiger charge is -2.15. The van der Waals surface area contributed by atoms with Crippen molar-refractivity contribution in [1.29, 1.82) is 0 Å². The van der Waals surface area contributed by atoms with E-state index in [1.807, 2.05) is 0 Å². The Hall–Kier alpha value is -1.54. The summed E-state index contributed by atoms with van der Waals surface area (Å²) in [5.74, 6) is -3.59. The fraction of sp³-hybridized carbons (Fsp3) is 0.364. The van der Waals surface area contributed by atoms with Crippen LogP contribution in [-0.4, -0.2) is 25.5 Å². The smallest absolute Gasteiger partial charge is 0.304 e. The molecule has 0 bridgehead atoms. The van der Waals surface area contributed by atoms with Crippen LogP contribution in [0.3, 0.4) is 0 Å². The van der Waals surface area contributed by atoms with E-state index in [1.165, 1.54) is 0 Å². The zero-order valence-corrected chi connectivity index (χ0v) is 10.9. The van der Waals surface area contributed by atoms with Gasteiger partial charge in [-0.2, -0.15) is 0 Å². The van der Waals surface area contributed by atoms with Crippen LogP contribution in [0.4, 0.5) is 8.78 Å². The summed E-state index contributed by atoms with van der Waals surface area (Å²) in [6, 6.07) is 1.34. The first kappa shape index (κ1) is 15.5. The fourth-order valence-electron chi connectivity index (χ4n) is 1.41. The molecular weight excluding hydrogens is 280 g/mol. The van der Waals surface area contributed by atoms with Gasteiger partial charge in [-0.25, -0.2) is 21.9 Å². The summed E-state index contributed by atoms with van der Waals surface area (Å²) >= 11 is 0. The van der Waals surface area contributed by atoms with Gasteiger partial charge in [-0.05, 0) is 24.6 Å². The highest BCUT2D eigenvalue weighted by Gasteiger charge is 2.22. The SMILES string of the molecule is CCC(CC(=O)O)NS(=O)(=O)c1ccc(F)c(F)c1. The number of carbonyl (C=O) groups is 1. The molecule has 0 fully saturated rings. The van der Waals surface area contributed by atoms with E-state index in [1.54, 1.807) is 6.92 Å². The van der Waals surface area contributed by atoms with Gasteiger partial charge in [-0.1, -0.05) is 6.92 Å². The van der Waals surface area contributed by atoms with Crippen molar-refractivity contribution >= 4 is 16.0 Å². The van der Waals surface area contributed by atoms with Gasteiger partial charge in [-0.3, -0.25) is 4.79 Å². The number of sulfonamides is 1. The Morgan fingerprint density at radius 1 is 1.37 bits per heavy atom. The van der Waals surface area contributed by atoms with Crippen molar-refractivity contribution in [3.63, 3.8) is 0 Å². The molecule has 0 aromatic heterocycles. The van der Waals surface area contributed by atoms with Gasteiger partial charge in [0.15, 0.2) is 11.6 Å². The van der Waals surface area contributed by atoms with Crippen LogP contribution in [0.2, 0.25) is 0 Å². The second-order valence-electron chi connectivity index (χ2n) is 3.90. The molecule has 8 heteroatoms. The van der Waals surface area contributed by atoms with Crippen LogP contribution in [0.15, 0.2) is 23.1 Å². The fourth-order valence-corrected chi connectivity index (χ4v) is 2.74. The molecule has 1 atom stereocenters. The van der Waals surface area contributed by atoms with Gasteiger partial charge in [0.25, 0.3) is 0 Å². The van der Waals surface area contributed by atoms with Crippen molar-refractivity contribution < 1.29 is 27.1 Å². The molecule has 0 saturated heterocycles. The standard InChI is InChI=1S/C11H13F2NO4S/c1-2-7(5-11(15)16)14-19(17,18)8-3-4-9(12)10(13)6-8/h3-4,6-7,14H,2,5H2,1H3,(H,15,16). The third-order valence-corrected chi connectivity index (χ3v) is 3.96. The molecule has 0 saturated carbocycles. The third kappa shape index (κ3) is 4.25. The molecule has 1 aromatic rings. The summed E-state index contributed by atoms with van der Waals surface area (Å²) in [6.45, 7) is 1.61. The van der Waals surface area contributed by atoms with Crippen molar-refractivity contribution in [1.82, 2.24) is 4.72 Å². The normalized spacial score (nSPS) is 13.2. The minimum Gasteiger partial charge on any atom is -0.481 e. The lowest BCUT2D eigenvalue weighted by Crippen LogP contribution is -2.36. The molecule has 0 aliphatic heterocycles. The van der Waals surface area contributed by atoms with E-state index in [0.717, 1.165) is 6.07 Å². The van der Waals surface area contributed by atoms with Crippen molar-refractivity contribution in [2.75, 3.05) is 0 Å². The van der Waals surface area contributed by atoms with Crippen LogP contribution in [-0.2, 0) is 14.8 Å². The Morgan fingerprint density at radius 2 is 2.00 bits per heavy atom. The highest BCUT2D eigenvalue weighted by Crippen LogP contribution is 2.15. The summed E-state index contributed by atoms with van der Waals surface area (Å²) in [5, 5.41) is 8.62. The molecule has 1 aromatic carbocycles. The number of nitrogens with one attached hydrogen (secondary N) is 1. The van der Waals surface area contributed by atoms with Crippen molar-refractivity contribution in [2.45, 2.75) is 30.7 Å². The Balaban J connectivity index is 2.96. The summed E-state index contributed by atoms with van der Waals surface area (Å²) in [6.07, 6.45) is -0.130. The first-order valence-electron chi connectivity index (χ1n) is 5.45. The minimum absolute atomic E-state index is 0.259. The molecule has 0 amide bonds. The van der Waals surface area contributed by atoms with Crippen LogP contribution < -0.4 is 4.72 Å². The molecule has 1 unspecified atom stereocenters. The van der Waals surface area contributed by atoms with Gasteiger partial charge >= 0.3 is 5.97 Å². The lowest BCUT2D eigenvalue weighted by atomic mass is 10.2. The summed E-state index contributed by atoms with van der Waals surface area (Å²) in [7, 11) is -4.08. The molecule has 1 rings (SSSR count). The Labute approximate surface area is 109 Å². The number of carboxylic acid groups (broad SMARTS) is 1. The van der Waals surface area contributed by atoms with Gasteiger partial charge in [0.05, 0.1) is 11.3 Å². The predicted octanol–water partition coefficient (Wildman–Crippen LogP) is 1.50. The molecule has 0 aliphatic carbocycles. The highest BCUT2D eigenvalue weighted by atomic mass is 32.2. The van der Waals surface area contributed by atoms with Gasteiger partial charge in [-0.15, -0.1) is 0 Å². The number of carboxylic acids is 1. The van der Waals surface area contributed by atoms with E-state index in [4.69, 9.17) is 5.11 Å². The van der Waals surface area contributed by atoms with Crippen molar-refractivity contribution in [3.05, 3.63) is 29.8 Å². The predicted molar refractivity (Wildman–Crippen MR) is 63.0 cm³/mol. The Bertz CT molecular complexity index is 574. The maximum Gasteiger partial charge on any atom is 0.304 e. The number of rotatable bonds is 6. The van der Waals surface area contributed by atoms with Gasteiger partial charge in [0.1, 0.15) is 0 Å². The van der Waals surface area contributed by atoms with E-state index in [2.05, 4.69) is 4.72 Å². The molecule has 5 nitrogen and oxygen atoms in total. The van der Waals surface area contributed by atoms with Crippen LogP contribution in [0.25, 0.3) is 0 Å². The van der Waals surface area contributed by atoms with E-state index < -0.39 is 38.6 Å². The van der Waals surface area contributed by atoms with Crippen molar-refractivity contribution in [2.24, 2.45) is 0 Å². The van der Waals surface area contributed by atoms with E-state index in [0.29, 0.717) is 12.1 Å². The third-order valence-electron chi connectivity index (χ3n) is 2.44. The lowest BCUT2D eigenvalue weighted by molar-refractivity contribution is -0.137. The molecule has 0 heterocycles. The minimum atomic E-state index is -4.08. The second kappa shape index (κ2) is 6.07. The number of hydrogen-bond donors (Lipinski definition) is 2. The largest absolute Gasteiger partial charge is 0.481 e. The molecule has 0 aliphatic rings. The molecule has 106 valence electrons. The zero-order valence-electron chi connectivity index (χ0n) is 10.1. The van der Waals surface area contributed by atoms with Gasteiger partial charge < -0.3 is 5.11 Å². The topological polar surface area (TPSA) is 83.5 Å². The first-order valence-corrected chi connectivity index (χ1v) is 6.93. The maximum absolute atomic E-state index is 13.0. The molecule has 2 N–H and O–H groups in total. The number of benzene rings is 1. The monoisotopic (exact) mass is 293 g/mol. The Kier molecular flexibility index (Phi) is 4.96. The number of aliphatic carboxylic acids is 1. The van der Waals surface area contributed by atoms with E-state index >= 15 is 0 Å². The Morgan fingerprint density at radius 3 is 2.47 bits per heavy atom. The molecular formula is C11H13F2NO4S. The zero-order chi connectivity index (χ0) is 14.6. The average molecular weight is 293 g/mol. The summed E-state index contributed by atoms with van der Waals surface area (Å²) in [5.41, 5.74) is 0. The van der Waals surface area contributed by atoms with Crippen LogP contribution in [0.1, 0.15) is 19.8 Å². The maximum atomic E-state index is 13.0. The van der Waals surface area contributed by atoms with Crippen LogP contribution in [0, 0.1) is 11.6 Å². The quantitative estimate of drug-likeness (QED) is 0.832. The first-order chi connectivity index (χ1) is 8.76. The summed E-state index contributed by atoms with van der Waals surface area (Å²) < 4.78 is 51.5. The van der Waals surface area contributed by atoms with E-state index in [9.17, 15) is 22.0 Å². The van der Waals surface area contributed by atoms with Gasteiger partial charge in [0.2, 0.25) is 10.0 Å². The summed E-state index contributed by atoms with van der Waals surface area (Å²) in [4.78, 5) is 10.1. The van der Waals surface area contributed by atoms with Crippen LogP contribution in [0.5, 0.6) is 0 Å². The van der Waals surface area contributed by atoms with E-state index in [-0.39, 0.29) is 12.8 Å².